The van der Waals surface area contributed by atoms with Crippen molar-refractivity contribution in [2.75, 3.05) is 17.9 Å². The van der Waals surface area contributed by atoms with E-state index < -0.39 is 46.1 Å². The van der Waals surface area contributed by atoms with Gasteiger partial charge in [0, 0.05) is 13.6 Å². The van der Waals surface area contributed by atoms with E-state index >= 15 is 0 Å². The van der Waals surface area contributed by atoms with Crippen molar-refractivity contribution in [2.24, 2.45) is 0 Å². The molecule has 3 rings (SSSR count). The van der Waals surface area contributed by atoms with Crippen LogP contribution in [-0.2, 0) is 26.2 Å². The Morgan fingerprint density at radius 1 is 1.00 bits per heavy atom. The van der Waals surface area contributed by atoms with Crippen molar-refractivity contribution in [3.63, 3.8) is 0 Å². The molecule has 0 fully saturated rings. The van der Waals surface area contributed by atoms with Crippen molar-refractivity contribution in [1.29, 1.82) is 0 Å². The summed E-state index contributed by atoms with van der Waals surface area (Å²) in [6.45, 7) is 0.936. The highest BCUT2D eigenvalue weighted by atomic mass is 35.5. The van der Waals surface area contributed by atoms with Gasteiger partial charge in [-0.05, 0) is 54.4 Å². The molecule has 0 spiro atoms. The lowest BCUT2D eigenvalue weighted by Crippen LogP contribution is -2.51. The molecule has 1 N–H and O–H groups in total. The van der Waals surface area contributed by atoms with Crippen LogP contribution in [0.4, 0.5) is 14.5 Å². The van der Waals surface area contributed by atoms with E-state index in [1.54, 1.807) is 13.0 Å². The van der Waals surface area contributed by atoms with Gasteiger partial charge in [0.1, 0.15) is 24.2 Å². The maximum Gasteiger partial charge on any atom is 0.264 e. The first kappa shape index (κ1) is 28.1. The van der Waals surface area contributed by atoms with Gasteiger partial charge in [-0.2, -0.15) is 0 Å². The number of carbonyl (C=O) groups excluding carboxylic acids is 2. The summed E-state index contributed by atoms with van der Waals surface area (Å²) in [6, 6.07) is 15.2. The molecule has 7 nitrogen and oxygen atoms in total. The fourth-order valence-corrected chi connectivity index (χ4v) is 5.36. The summed E-state index contributed by atoms with van der Waals surface area (Å²) in [4.78, 5) is 27.5. The van der Waals surface area contributed by atoms with Gasteiger partial charge in [-0.1, -0.05) is 48.9 Å². The SMILES string of the molecule is CC[C@H](C(=O)NC)N(Cc1ccc(F)cc1)C(=O)CN(c1ccc(F)c(Cl)c1)S(=O)(=O)c1ccccc1. The number of benzene rings is 3. The van der Waals surface area contributed by atoms with Crippen molar-refractivity contribution in [1.82, 2.24) is 10.2 Å². The molecule has 0 aliphatic carbocycles. The third kappa shape index (κ3) is 6.64. The largest absolute Gasteiger partial charge is 0.357 e. The van der Waals surface area contributed by atoms with E-state index in [4.69, 9.17) is 11.6 Å². The molecule has 2 amide bonds. The molecule has 196 valence electrons. The molecule has 0 unspecified atom stereocenters. The predicted molar refractivity (Wildman–Crippen MR) is 137 cm³/mol. The topological polar surface area (TPSA) is 86.8 Å². The molecule has 0 aliphatic rings. The number of likely N-dealkylation sites (N-methyl/N-ethyl adjacent to an activating group) is 1. The van der Waals surface area contributed by atoms with Crippen molar-refractivity contribution in [2.45, 2.75) is 30.8 Å². The quantitative estimate of drug-likeness (QED) is 0.407. The third-order valence-electron chi connectivity index (χ3n) is 5.70. The Hall–Kier alpha value is -3.50. The van der Waals surface area contributed by atoms with Gasteiger partial charge in [0.15, 0.2) is 0 Å². The van der Waals surface area contributed by atoms with Gasteiger partial charge in [-0.15, -0.1) is 0 Å². The smallest absolute Gasteiger partial charge is 0.264 e. The highest BCUT2D eigenvalue weighted by Crippen LogP contribution is 2.28. The highest BCUT2D eigenvalue weighted by molar-refractivity contribution is 7.92. The number of carbonyl (C=O) groups is 2. The predicted octanol–water partition coefficient (Wildman–Crippen LogP) is 4.37. The maximum absolute atomic E-state index is 13.9. The Morgan fingerprint density at radius 2 is 1.65 bits per heavy atom. The molecule has 11 heteroatoms. The minimum Gasteiger partial charge on any atom is -0.357 e. The molecule has 3 aromatic carbocycles. The molecule has 0 saturated carbocycles. The number of halogens is 3. The molecule has 0 saturated heterocycles. The fourth-order valence-electron chi connectivity index (χ4n) is 3.76. The standard InChI is InChI=1S/C26H26ClF2N3O4S/c1-3-24(26(34)30-2)31(16-18-9-11-19(28)12-10-18)25(33)17-32(20-13-14-23(29)22(27)15-20)37(35,36)21-7-5-4-6-8-21/h4-15,24H,3,16-17H2,1-2H3,(H,30,34)/t24-/m1/s1. The normalized spacial score (nSPS) is 12.0. The number of rotatable bonds is 10. The summed E-state index contributed by atoms with van der Waals surface area (Å²) < 4.78 is 55.4. The minimum atomic E-state index is -4.29. The zero-order valence-corrected chi connectivity index (χ0v) is 21.8. The van der Waals surface area contributed by atoms with Gasteiger partial charge < -0.3 is 10.2 Å². The van der Waals surface area contributed by atoms with E-state index in [-0.39, 0.29) is 28.6 Å². The average molecular weight is 550 g/mol. The summed E-state index contributed by atoms with van der Waals surface area (Å²) in [5.41, 5.74) is 0.512. The molecular formula is C26H26ClF2N3O4S. The lowest BCUT2D eigenvalue weighted by atomic mass is 10.1. The monoisotopic (exact) mass is 549 g/mol. The lowest BCUT2D eigenvalue weighted by Gasteiger charge is -2.33. The number of hydrogen-bond donors (Lipinski definition) is 1. The Kier molecular flexibility index (Phi) is 9.23. The van der Waals surface area contributed by atoms with E-state index in [0.29, 0.717) is 5.56 Å². The number of nitrogens with zero attached hydrogens (tertiary/aromatic N) is 2. The Labute approximate surface area is 219 Å². The first-order valence-corrected chi connectivity index (χ1v) is 13.2. The summed E-state index contributed by atoms with van der Waals surface area (Å²) in [5, 5.41) is 2.20. The summed E-state index contributed by atoms with van der Waals surface area (Å²) in [7, 11) is -2.87. The van der Waals surface area contributed by atoms with Crippen LogP contribution in [0, 0.1) is 11.6 Å². The van der Waals surface area contributed by atoms with Crippen LogP contribution in [0.1, 0.15) is 18.9 Å². The molecule has 1 atom stereocenters. The van der Waals surface area contributed by atoms with Crippen LogP contribution in [0.2, 0.25) is 5.02 Å². The van der Waals surface area contributed by atoms with E-state index in [2.05, 4.69) is 5.32 Å². The first-order valence-electron chi connectivity index (χ1n) is 11.4. The molecule has 0 aromatic heterocycles. The van der Waals surface area contributed by atoms with Gasteiger partial charge in [0.2, 0.25) is 11.8 Å². The number of sulfonamides is 1. The van der Waals surface area contributed by atoms with Crippen LogP contribution in [0.25, 0.3) is 0 Å². The van der Waals surface area contributed by atoms with Crippen LogP contribution in [0.5, 0.6) is 0 Å². The van der Waals surface area contributed by atoms with Gasteiger partial charge in [0.05, 0.1) is 15.6 Å². The molecular weight excluding hydrogens is 524 g/mol. The van der Waals surface area contributed by atoms with Gasteiger partial charge in [-0.25, -0.2) is 17.2 Å². The van der Waals surface area contributed by atoms with Crippen molar-refractivity contribution in [3.05, 3.63) is 95.0 Å². The van der Waals surface area contributed by atoms with Gasteiger partial charge in [0.25, 0.3) is 10.0 Å². The number of nitrogens with one attached hydrogen (secondary N) is 1. The van der Waals surface area contributed by atoms with E-state index in [0.717, 1.165) is 16.4 Å². The van der Waals surface area contributed by atoms with Crippen LogP contribution < -0.4 is 9.62 Å². The van der Waals surface area contributed by atoms with Gasteiger partial charge >= 0.3 is 0 Å². The second kappa shape index (κ2) is 12.2. The van der Waals surface area contributed by atoms with E-state index in [1.807, 2.05) is 0 Å². The number of amides is 2. The van der Waals surface area contributed by atoms with Crippen molar-refractivity contribution >= 4 is 39.1 Å². The second-order valence-corrected chi connectivity index (χ2v) is 10.4. The minimum absolute atomic E-state index is 0.0293. The number of hydrogen-bond acceptors (Lipinski definition) is 4. The van der Waals surface area contributed by atoms with Gasteiger partial charge in [-0.3, -0.25) is 13.9 Å². The molecule has 0 aliphatic heterocycles. The zero-order chi connectivity index (χ0) is 27.2. The molecule has 3 aromatic rings. The second-order valence-electron chi connectivity index (χ2n) is 8.11. The Morgan fingerprint density at radius 3 is 2.22 bits per heavy atom. The average Bonchev–Trinajstić information content (AvgIpc) is 2.90. The van der Waals surface area contributed by atoms with Crippen LogP contribution in [0.15, 0.2) is 77.7 Å². The van der Waals surface area contributed by atoms with Crippen LogP contribution >= 0.6 is 11.6 Å². The zero-order valence-electron chi connectivity index (χ0n) is 20.2. The summed E-state index contributed by atoms with van der Waals surface area (Å²) in [6.07, 6.45) is 0.237. The molecule has 0 heterocycles. The Bertz CT molecular complexity index is 1360. The van der Waals surface area contributed by atoms with E-state index in [9.17, 15) is 26.8 Å². The van der Waals surface area contributed by atoms with Crippen molar-refractivity contribution in [3.8, 4) is 0 Å². The summed E-state index contributed by atoms with van der Waals surface area (Å²) in [5.74, 6) is -2.36. The molecule has 37 heavy (non-hydrogen) atoms. The van der Waals surface area contributed by atoms with Crippen molar-refractivity contribution < 1.29 is 26.8 Å². The fraction of sp³-hybridized carbons (Fsp3) is 0.231. The summed E-state index contributed by atoms with van der Waals surface area (Å²) >= 11 is 5.93. The maximum atomic E-state index is 13.9. The van der Waals surface area contributed by atoms with Crippen LogP contribution in [-0.4, -0.2) is 44.8 Å². The van der Waals surface area contributed by atoms with Crippen LogP contribution in [0.3, 0.4) is 0 Å². The van der Waals surface area contributed by atoms with E-state index in [1.165, 1.54) is 66.5 Å². The number of anilines is 1. The molecule has 0 radical (unpaired) electrons. The molecule has 0 bridgehead atoms. The first-order chi connectivity index (χ1) is 17.6. The lowest BCUT2D eigenvalue weighted by molar-refractivity contribution is -0.140. The third-order valence-corrected chi connectivity index (χ3v) is 7.78. The Balaban J connectivity index is 2.06. The highest BCUT2D eigenvalue weighted by Gasteiger charge is 2.33.